The molecular weight excluding hydrogens is 214 g/mol. The average Bonchev–Trinajstić information content (AvgIpc) is 2.29. The summed E-state index contributed by atoms with van der Waals surface area (Å²) in [7, 11) is 0. The van der Waals surface area contributed by atoms with Gasteiger partial charge in [-0.05, 0) is 18.3 Å². The Hall–Kier alpha value is -0.120. The van der Waals surface area contributed by atoms with Crippen molar-refractivity contribution >= 4 is 0 Å². The minimum atomic E-state index is 0.0464. The normalized spacial score (nSPS) is 30.7. The number of rotatable bonds is 3. The van der Waals surface area contributed by atoms with Crippen molar-refractivity contribution < 1.29 is 9.47 Å². The Labute approximate surface area is 105 Å². The van der Waals surface area contributed by atoms with Gasteiger partial charge in [0.2, 0.25) is 0 Å². The molecule has 100 valence electrons. The molecule has 1 N–H and O–H groups in total. The third kappa shape index (κ3) is 3.01. The van der Waals surface area contributed by atoms with Gasteiger partial charge in [-0.25, -0.2) is 0 Å². The van der Waals surface area contributed by atoms with Crippen LogP contribution in [0.2, 0.25) is 0 Å². The molecule has 0 saturated carbocycles. The molecule has 2 heterocycles. The largest absolute Gasteiger partial charge is 0.381 e. The van der Waals surface area contributed by atoms with Gasteiger partial charge in [-0.1, -0.05) is 20.8 Å². The van der Waals surface area contributed by atoms with Crippen LogP contribution >= 0.6 is 0 Å². The van der Waals surface area contributed by atoms with Crippen LogP contribution in [-0.4, -0.2) is 38.0 Å². The summed E-state index contributed by atoms with van der Waals surface area (Å²) in [4.78, 5) is 0. The average molecular weight is 241 g/mol. The van der Waals surface area contributed by atoms with E-state index in [9.17, 15) is 0 Å². The van der Waals surface area contributed by atoms with Crippen LogP contribution < -0.4 is 5.32 Å². The lowest BCUT2D eigenvalue weighted by atomic mass is 9.76. The maximum absolute atomic E-state index is 6.18. The summed E-state index contributed by atoms with van der Waals surface area (Å²) in [6.07, 6.45) is 3.36. The van der Waals surface area contributed by atoms with Crippen LogP contribution in [0.25, 0.3) is 0 Å². The molecule has 0 aliphatic carbocycles. The SMILES string of the molecule is CC(C)CC(C)C1NCCOC12CCOCC2. The van der Waals surface area contributed by atoms with Crippen LogP contribution in [0, 0.1) is 11.8 Å². The highest BCUT2D eigenvalue weighted by Gasteiger charge is 2.45. The Morgan fingerprint density at radius 2 is 1.88 bits per heavy atom. The second kappa shape index (κ2) is 5.68. The van der Waals surface area contributed by atoms with Crippen molar-refractivity contribution in [2.75, 3.05) is 26.4 Å². The Kier molecular flexibility index (Phi) is 4.45. The van der Waals surface area contributed by atoms with Crippen LogP contribution in [0.4, 0.5) is 0 Å². The monoisotopic (exact) mass is 241 g/mol. The fraction of sp³-hybridized carbons (Fsp3) is 1.00. The van der Waals surface area contributed by atoms with Crippen LogP contribution in [0.3, 0.4) is 0 Å². The van der Waals surface area contributed by atoms with E-state index in [0.29, 0.717) is 12.0 Å². The van der Waals surface area contributed by atoms with E-state index in [2.05, 4.69) is 26.1 Å². The second-order valence-electron chi connectivity index (χ2n) is 6.06. The van der Waals surface area contributed by atoms with Gasteiger partial charge in [0, 0.05) is 38.6 Å². The molecule has 0 aromatic heterocycles. The number of ether oxygens (including phenoxy) is 2. The summed E-state index contributed by atoms with van der Waals surface area (Å²) in [6, 6.07) is 0.502. The van der Waals surface area contributed by atoms with Gasteiger partial charge in [0.25, 0.3) is 0 Å². The summed E-state index contributed by atoms with van der Waals surface area (Å²) in [5.74, 6) is 1.43. The molecule has 2 saturated heterocycles. The minimum Gasteiger partial charge on any atom is -0.381 e. The molecule has 0 aromatic rings. The lowest BCUT2D eigenvalue weighted by Gasteiger charge is -2.49. The lowest BCUT2D eigenvalue weighted by Crippen LogP contribution is -2.62. The van der Waals surface area contributed by atoms with Gasteiger partial charge < -0.3 is 14.8 Å². The van der Waals surface area contributed by atoms with Gasteiger partial charge in [0.05, 0.1) is 12.2 Å². The number of nitrogens with one attached hydrogen (secondary N) is 1. The maximum Gasteiger partial charge on any atom is 0.0881 e. The topological polar surface area (TPSA) is 30.5 Å². The van der Waals surface area contributed by atoms with Gasteiger partial charge in [-0.2, -0.15) is 0 Å². The molecule has 2 atom stereocenters. The standard InChI is InChI=1S/C14H27NO2/c1-11(2)10-12(3)13-14(17-9-6-15-13)4-7-16-8-5-14/h11-13,15H,4-10H2,1-3H3. The zero-order chi connectivity index (χ0) is 12.3. The summed E-state index contributed by atoms with van der Waals surface area (Å²) in [5, 5.41) is 3.70. The van der Waals surface area contributed by atoms with Crippen molar-refractivity contribution in [1.29, 1.82) is 0 Å². The molecule has 0 radical (unpaired) electrons. The molecular formula is C14H27NO2. The van der Waals surface area contributed by atoms with E-state index in [1.54, 1.807) is 0 Å². The van der Waals surface area contributed by atoms with Gasteiger partial charge in [-0.3, -0.25) is 0 Å². The highest BCUT2D eigenvalue weighted by atomic mass is 16.5. The van der Waals surface area contributed by atoms with Gasteiger partial charge in [0.1, 0.15) is 0 Å². The van der Waals surface area contributed by atoms with Crippen LogP contribution in [-0.2, 0) is 9.47 Å². The van der Waals surface area contributed by atoms with E-state index in [1.165, 1.54) is 6.42 Å². The molecule has 2 aliphatic rings. The minimum absolute atomic E-state index is 0.0464. The first kappa shape index (κ1) is 13.3. The fourth-order valence-corrected chi connectivity index (χ4v) is 3.52. The Balaban J connectivity index is 2.05. The molecule has 2 aliphatic heterocycles. The summed E-state index contributed by atoms with van der Waals surface area (Å²) in [6.45, 7) is 10.5. The van der Waals surface area contributed by atoms with Crippen molar-refractivity contribution in [2.45, 2.75) is 51.7 Å². The molecule has 0 bridgehead atoms. The molecule has 0 aromatic carbocycles. The second-order valence-corrected chi connectivity index (χ2v) is 6.06. The van der Waals surface area contributed by atoms with Gasteiger partial charge in [-0.15, -0.1) is 0 Å². The molecule has 3 nitrogen and oxygen atoms in total. The predicted molar refractivity (Wildman–Crippen MR) is 69.1 cm³/mol. The van der Waals surface area contributed by atoms with Crippen molar-refractivity contribution in [3.63, 3.8) is 0 Å². The van der Waals surface area contributed by atoms with Gasteiger partial charge >= 0.3 is 0 Å². The van der Waals surface area contributed by atoms with E-state index in [-0.39, 0.29) is 5.60 Å². The zero-order valence-corrected chi connectivity index (χ0v) is 11.5. The highest BCUT2D eigenvalue weighted by molar-refractivity contribution is 4.99. The van der Waals surface area contributed by atoms with Crippen LogP contribution in [0.15, 0.2) is 0 Å². The zero-order valence-electron chi connectivity index (χ0n) is 11.5. The summed E-state index contributed by atoms with van der Waals surface area (Å²) >= 11 is 0. The molecule has 2 unspecified atom stereocenters. The van der Waals surface area contributed by atoms with Crippen LogP contribution in [0.1, 0.15) is 40.0 Å². The molecule has 2 fully saturated rings. The number of morpholine rings is 1. The Bertz CT molecular complexity index is 228. The smallest absolute Gasteiger partial charge is 0.0881 e. The van der Waals surface area contributed by atoms with Crippen molar-refractivity contribution in [3.8, 4) is 0 Å². The lowest BCUT2D eigenvalue weighted by molar-refractivity contribution is -0.157. The van der Waals surface area contributed by atoms with Crippen molar-refractivity contribution in [2.24, 2.45) is 11.8 Å². The number of hydrogen-bond donors (Lipinski definition) is 1. The van der Waals surface area contributed by atoms with Crippen molar-refractivity contribution in [1.82, 2.24) is 5.32 Å². The first-order chi connectivity index (χ1) is 8.14. The maximum atomic E-state index is 6.18. The first-order valence-electron chi connectivity index (χ1n) is 7.09. The van der Waals surface area contributed by atoms with E-state index in [4.69, 9.17) is 9.47 Å². The number of hydrogen-bond acceptors (Lipinski definition) is 3. The van der Waals surface area contributed by atoms with Crippen LogP contribution in [0.5, 0.6) is 0 Å². The summed E-state index contributed by atoms with van der Waals surface area (Å²) in [5.41, 5.74) is 0.0464. The third-order valence-electron chi connectivity index (χ3n) is 4.17. The van der Waals surface area contributed by atoms with E-state index < -0.39 is 0 Å². The molecule has 2 rings (SSSR count). The molecule has 17 heavy (non-hydrogen) atoms. The first-order valence-corrected chi connectivity index (χ1v) is 7.09. The quantitative estimate of drug-likeness (QED) is 0.822. The Morgan fingerprint density at radius 1 is 1.18 bits per heavy atom. The third-order valence-corrected chi connectivity index (χ3v) is 4.17. The van der Waals surface area contributed by atoms with E-state index >= 15 is 0 Å². The molecule has 3 heteroatoms. The van der Waals surface area contributed by atoms with E-state index in [0.717, 1.165) is 45.1 Å². The fourth-order valence-electron chi connectivity index (χ4n) is 3.52. The van der Waals surface area contributed by atoms with Crippen molar-refractivity contribution in [3.05, 3.63) is 0 Å². The van der Waals surface area contributed by atoms with E-state index in [1.807, 2.05) is 0 Å². The molecule has 0 amide bonds. The Morgan fingerprint density at radius 3 is 2.53 bits per heavy atom. The summed E-state index contributed by atoms with van der Waals surface area (Å²) < 4.78 is 11.7. The highest BCUT2D eigenvalue weighted by Crippen LogP contribution is 2.35. The predicted octanol–water partition coefficient (Wildman–Crippen LogP) is 2.21. The van der Waals surface area contributed by atoms with Gasteiger partial charge in [0.15, 0.2) is 0 Å². The molecule has 1 spiro atoms.